The molecular weight excluding hydrogens is 402 g/mol. The van der Waals surface area contributed by atoms with Gasteiger partial charge in [0.05, 0.1) is 15.9 Å². The third kappa shape index (κ3) is 5.39. The smallest absolute Gasteiger partial charge is 0.243 e. The maximum absolute atomic E-state index is 12.9. The van der Waals surface area contributed by atoms with Gasteiger partial charge in [0.1, 0.15) is 5.82 Å². The Morgan fingerprint density at radius 1 is 1.20 bits per heavy atom. The van der Waals surface area contributed by atoms with Crippen molar-refractivity contribution in [1.82, 2.24) is 24.1 Å². The Kier molecular flexibility index (Phi) is 7.49. The van der Waals surface area contributed by atoms with Gasteiger partial charge in [0.15, 0.2) is 0 Å². The molecule has 2 heterocycles. The van der Waals surface area contributed by atoms with Gasteiger partial charge in [-0.1, -0.05) is 6.42 Å². The topological polar surface area (TPSA) is 87.5 Å². The van der Waals surface area contributed by atoms with Gasteiger partial charge in [-0.3, -0.25) is 4.79 Å². The van der Waals surface area contributed by atoms with Crippen LogP contribution in [0, 0.1) is 0 Å². The lowest BCUT2D eigenvalue weighted by molar-refractivity contribution is -0.121. The van der Waals surface area contributed by atoms with Crippen LogP contribution >= 0.6 is 0 Å². The van der Waals surface area contributed by atoms with Crippen LogP contribution < -0.4 is 5.32 Å². The number of rotatable bonds is 9. The molecule has 0 saturated carbocycles. The average molecular weight is 436 g/mol. The number of amides is 1. The second-order valence-corrected chi connectivity index (χ2v) is 10.1. The van der Waals surface area contributed by atoms with E-state index in [1.807, 2.05) is 31.8 Å². The first-order chi connectivity index (χ1) is 14.3. The highest BCUT2D eigenvalue weighted by Crippen LogP contribution is 2.24. The molecule has 1 aliphatic heterocycles. The van der Waals surface area contributed by atoms with Crippen molar-refractivity contribution < 1.29 is 13.2 Å². The Hall–Kier alpha value is -1.97. The van der Waals surface area contributed by atoms with Crippen molar-refractivity contribution in [3.05, 3.63) is 24.0 Å². The molecule has 1 aromatic carbocycles. The molecule has 166 valence electrons. The van der Waals surface area contributed by atoms with Crippen molar-refractivity contribution in [1.29, 1.82) is 0 Å². The van der Waals surface area contributed by atoms with E-state index in [-0.39, 0.29) is 5.91 Å². The number of aromatic nitrogens is 2. The molecule has 2 aromatic rings. The number of sulfonamides is 1. The molecule has 1 amide bonds. The number of imidazole rings is 1. The molecule has 0 aliphatic carbocycles. The number of hydrogen-bond acceptors (Lipinski definition) is 5. The highest BCUT2D eigenvalue weighted by atomic mass is 32.2. The minimum Gasteiger partial charge on any atom is -0.356 e. The summed E-state index contributed by atoms with van der Waals surface area (Å²) in [6.07, 6.45) is 4.69. The monoisotopic (exact) mass is 435 g/mol. The van der Waals surface area contributed by atoms with E-state index in [9.17, 15) is 13.2 Å². The van der Waals surface area contributed by atoms with Gasteiger partial charge in [0.2, 0.25) is 15.9 Å². The summed E-state index contributed by atoms with van der Waals surface area (Å²) in [5, 5.41) is 2.94. The molecular formula is C21H33N5O3S. The lowest BCUT2D eigenvalue weighted by Crippen LogP contribution is -2.35. The molecule has 1 aliphatic rings. The number of benzene rings is 1. The molecule has 1 fully saturated rings. The van der Waals surface area contributed by atoms with Gasteiger partial charge in [-0.15, -0.1) is 0 Å². The van der Waals surface area contributed by atoms with Gasteiger partial charge in [-0.25, -0.2) is 13.4 Å². The second-order valence-electron chi connectivity index (χ2n) is 8.21. The Labute approximate surface area is 179 Å². The summed E-state index contributed by atoms with van der Waals surface area (Å²) in [5.74, 6) is 0.787. The molecule has 1 N–H and O–H groups in total. The number of piperidine rings is 1. The summed E-state index contributed by atoms with van der Waals surface area (Å²) in [4.78, 5) is 19.1. The molecule has 0 spiro atoms. The molecule has 0 atom stereocenters. The van der Waals surface area contributed by atoms with Gasteiger partial charge in [0, 0.05) is 39.5 Å². The standard InChI is InChI=1S/C21H33N5O3S/c1-24(2)13-7-12-22-21(27)11-10-20-23-18-16-17(8-9-19(18)25(20)3)30(28,29)26-14-5-4-6-15-26/h8-9,16H,4-7,10-15H2,1-3H3,(H,22,27). The number of carbonyl (C=O) groups excluding carboxylic acids is 1. The maximum Gasteiger partial charge on any atom is 0.243 e. The largest absolute Gasteiger partial charge is 0.356 e. The minimum absolute atomic E-state index is 0.00850. The van der Waals surface area contributed by atoms with Crippen LogP contribution in [0.4, 0.5) is 0 Å². The van der Waals surface area contributed by atoms with Crippen LogP contribution in [0.25, 0.3) is 11.0 Å². The Bertz CT molecular complexity index is 978. The van der Waals surface area contributed by atoms with Crippen molar-refractivity contribution in [3.63, 3.8) is 0 Å². The summed E-state index contributed by atoms with van der Waals surface area (Å²) < 4.78 is 29.4. The van der Waals surface area contributed by atoms with E-state index in [4.69, 9.17) is 0 Å². The third-order valence-electron chi connectivity index (χ3n) is 5.58. The van der Waals surface area contributed by atoms with Gasteiger partial charge < -0.3 is 14.8 Å². The summed E-state index contributed by atoms with van der Waals surface area (Å²) in [6, 6.07) is 5.13. The van der Waals surface area contributed by atoms with Gasteiger partial charge >= 0.3 is 0 Å². The molecule has 9 heteroatoms. The van der Waals surface area contributed by atoms with Crippen LogP contribution in [0.1, 0.15) is 37.9 Å². The normalized spacial score (nSPS) is 15.7. The first kappa shape index (κ1) is 22.7. The van der Waals surface area contributed by atoms with E-state index in [1.54, 1.807) is 16.4 Å². The number of carbonyl (C=O) groups is 1. The van der Waals surface area contributed by atoms with E-state index in [0.29, 0.717) is 42.9 Å². The van der Waals surface area contributed by atoms with Gasteiger partial charge in [-0.05, 0) is 58.1 Å². The zero-order chi connectivity index (χ0) is 21.7. The van der Waals surface area contributed by atoms with E-state index in [1.165, 1.54) is 0 Å². The van der Waals surface area contributed by atoms with Crippen LogP contribution in [-0.2, 0) is 28.3 Å². The van der Waals surface area contributed by atoms with Crippen LogP contribution in [0.15, 0.2) is 23.1 Å². The number of nitrogens with one attached hydrogen (secondary N) is 1. The SMILES string of the molecule is CN(C)CCCNC(=O)CCc1nc2cc(S(=O)(=O)N3CCCCC3)ccc2n1C. The fraction of sp³-hybridized carbons (Fsp3) is 0.619. The molecule has 1 saturated heterocycles. The highest BCUT2D eigenvalue weighted by molar-refractivity contribution is 7.89. The quantitative estimate of drug-likeness (QED) is 0.607. The van der Waals surface area contributed by atoms with Gasteiger partial charge in [-0.2, -0.15) is 4.31 Å². The van der Waals surface area contributed by atoms with Crippen molar-refractivity contribution in [2.45, 2.75) is 43.4 Å². The van der Waals surface area contributed by atoms with Gasteiger partial charge in [0.25, 0.3) is 0 Å². The van der Waals surface area contributed by atoms with Crippen molar-refractivity contribution >= 4 is 27.0 Å². The van der Waals surface area contributed by atoms with E-state index in [0.717, 1.165) is 43.6 Å². The summed E-state index contributed by atoms with van der Waals surface area (Å²) in [7, 11) is 2.44. The van der Waals surface area contributed by atoms with Crippen molar-refractivity contribution in [2.75, 3.05) is 40.3 Å². The minimum atomic E-state index is -3.49. The molecule has 0 radical (unpaired) electrons. The number of hydrogen-bond donors (Lipinski definition) is 1. The maximum atomic E-state index is 12.9. The van der Waals surface area contributed by atoms with Crippen LogP contribution in [0.5, 0.6) is 0 Å². The highest BCUT2D eigenvalue weighted by Gasteiger charge is 2.26. The number of aryl methyl sites for hydroxylation is 2. The zero-order valence-electron chi connectivity index (χ0n) is 18.2. The van der Waals surface area contributed by atoms with Crippen LogP contribution in [0.3, 0.4) is 0 Å². The number of nitrogens with zero attached hydrogens (tertiary/aromatic N) is 4. The number of fused-ring (bicyclic) bond motifs is 1. The molecule has 1 aromatic heterocycles. The molecule has 0 unspecified atom stereocenters. The molecule has 3 rings (SSSR count). The molecule has 8 nitrogen and oxygen atoms in total. The first-order valence-corrected chi connectivity index (χ1v) is 12.1. The van der Waals surface area contributed by atoms with E-state index in [2.05, 4.69) is 15.2 Å². The van der Waals surface area contributed by atoms with Crippen molar-refractivity contribution in [3.8, 4) is 0 Å². The van der Waals surface area contributed by atoms with Crippen LogP contribution in [-0.4, -0.2) is 73.4 Å². The Balaban J connectivity index is 1.66. The zero-order valence-corrected chi connectivity index (χ0v) is 19.0. The van der Waals surface area contributed by atoms with Crippen LogP contribution in [0.2, 0.25) is 0 Å². The van der Waals surface area contributed by atoms with Crippen molar-refractivity contribution in [2.24, 2.45) is 7.05 Å². The van der Waals surface area contributed by atoms with E-state index >= 15 is 0 Å². The lowest BCUT2D eigenvalue weighted by Gasteiger charge is -2.25. The fourth-order valence-electron chi connectivity index (χ4n) is 3.80. The third-order valence-corrected chi connectivity index (χ3v) is 7.47. The summed E-state index contributed by atoms with van der Waals surface area (Å²) >= 11 is 0. The second kappa shape index (κ2) is 9.89. The lowest BCUT2D eigenvalue weighted by atomic mass is 10.2. The molecule has 30 heavy (non-hydrogen) atoms. The average Bonchev–Trinajstić information content (AvgIpc) is 3.05. The predicted octanol–water partition coefficient (Wildman–Crippen LogP) is 1.75. The first-order valence-electron chi connectivity index (χ1n) is 10.7. The Morgan fingerprint density at radius 2 is 1.93 bits per heavy atom. The fourth-order valence-corrected chi connectivity index (χ4v) is 5.34. The summed E-state index contributed by atoms with van der Waals surface area (Å²) in [6.45, 7) is 2.76. The van der Waals surface area contributed by atoms with E-state index < -0.39 is 10.0 Å². The predicted molar refractivity (Wildman–Crippen MR) is 118 cm³/mol. The molecule has 0 bridgehead atoms. The summed E-state index contributed by atoms with van der Waals surface area (Å²) in [5.41, 5.74) is 1.52. The Morgan fingerprint density at radius 3 is 2.63 bits per heavy atom.